The molecule has 1 aliphatic heterocycles. The molecule has 17 heavy (non-hydrogen) atoms. The van der Waals surface area contributed by atoms with Crippen LogP contribution in [0.4, 0.5) is 5.69 Å². The maximum Gasteiger partial charge on any atom is 0.0866 e. The summed E-state index contributed by atoms with van der Waals surface area (Å²) in [7, 11) is -1.33. The van der Waals surface area contributed by atoms with Crippen molar-refractivity contribution in [2.75, 3.05) is 13.1 Å². The van der Waals surface area contributed by atoms with Crippen molar-refractivity contribution in [3.05, 3.63) is 24.3 Å². The molecule has 0 bridgehead atoms. The zero-order chi connectivity index (χ0) is 12.3. The molecule has 1 aromatic carbocycles. The van der Waals surface area contributed by atoms with Crippen molar-refractivity contribution in [3.63, 3.8) is 0 Å². The Kier molecular flexibility index (Phi) is 3.62. The van der Waals surface area contributed by atoms with Crippen LogP contribution in [-0.4, -0.2) is 26.2 Å². The predicted molar refractivity (Wildman–Crippen MR) is 74.7 cm³/mol. The molecule has 0 aliphatic carbocycles. The quantitative estimate of drug-likeness (QED) is 0.595. The molecular weight excluding hydrogens is 226 g/mol. The lowest BCUT2D eigenvalue weighted by Crippen LogP contribution is -2.37. The molecule has 0 amide bonds. The van der Waals surface area contributed by atoms with Crippen molar-refractivity contribution in [2.45, 2.75) is 32.5 Å². The van der Waals surface area contributed by atoms with Gasteiger partial charge in [0.1, 0.15) is 0 Å². The van der Waals surface area contributed by atoms with Crippen molar-refractivity contribution in [2.24, 2.45) is 10.3 Å². The van der Waals surface area contributed by atoms with Crippen LogP contribution in [0, 0.1) is 0 Å². The Morgan fingerprint density at radius 2 is 1.71 bits per heavy atom. The van der Waals surface area contributed by atoms with Crippen LogP contribution in [0.3, 0.4) is 0 Å². The minimum Gasteiger partial charge on any atom is -0.278 e. The smallest absolute Gasteiger partial charge is 0.0866 e. The van der Waals surface area contributed by atoms with Gasteiger partial charge < -0.3 is 0 Å². The fraction of sp³-hybridized carbons (Fsp3) is 0.538. The zero-order valence-electron chi connectivity index (χ0n) is 11.0. The highest BCUT2D eigenvalue weighted by Gasteiger charge is 2.19. The van der Waals surface area contributed by atoms with Gasteiger partial charge >= 0.3 is 0 Å². The highest BCUT2D eigenvalue weighted by Crippen LogP contribution is 2.17. The molecule has 0 aromatic heterocycles. The van der Waals surface area contributed by atoms with Crippen LogP contribution < -0.4 is 5.19 Å². The molecule has 2 rings (SSSR count). The molecular formula is C13H21N3Si. The molecule has 92 valence electrons. The van der Waals surface area contributed by atoms with Gasteiger partial charge in [-0.2, -0.15) is 0 Å². The van der Waals surface area contributed by atoms with Crippen LogP contribution >= 0.6 is 0 Å². The number of hydrogen-bond acceptors (Lipinski definition) is 2. The van der Waals surface area contributed by atoms with Gasteiger partial charge in [-0.1, -0.05) is 43.1 Å². The Hall–Kier alpha value is -1.16. The maximum atomic E-state index is 4.44. The molecule has 1 saturated heterocycles. The van der Waals surface area contributed by atoms with E-state index in [1.807, 2.05) is 6.07 Å². The van der Waals surface area contributed by atoms with E-state index < -0.39 is 8.07 Å². The lowest BCUT2D eigenvalue weighted by molar-refractivity contribution is 0.337. The average molecular weight is 247 g/mol. The predicted octanol–water partition coefficient (Wildman–Crippen LogP) is 3.33. The first-order valence-corrected chi connectivity index (χ1v) is 9.83. The van der Waals surface area contributed by atoms with E-state index >= 15 is 0 Å². The van der Waals surface area contributed by atoms with Gasteiger partial charge in [0.25, 0.3) is 0 Å². The molecule has 4 heteroatoms. The number of nitrogens with zero attached hydrogens (tertiary/aromatic N) is 3. The van der Waals surface area contributed by atoms with E-state index in [2.05, 4.69) is 53.2 Å². The lowest BCUT2D eigenvalue weighted by atomic mass is 10.3. The van der Waals surface area contributed by atoms with Crippen LogP contribution in [0.25, 0.3) is 0 Å². The van der Waals surface area contributed by atoms with Gasteiger partial charge in [-0.3, -0.25) is 5.01 Å². The Morgan fingerprint density at radius 3 is 2.35 bits per heavy atom. The second-order valence-electron chi connectivity index (χ2n) is 5.62. The van der Waals surface area contributed by atoms with Crippen LogP contribution in [0.15, 0.2) is 34.6 Å². The molecule has 0 atom stereocenters. The summed E-state index contributed by atoms with van der Waals surface area (Å²) in [6.07, 6.45) is 2.49. The summed E-state index contributed by atoms with van der Waals surface area (Å²) in [5, 5.41) is 12.3. The SMILES string of the molecule is C[Si](C)(C)c1ccccc1N=NN1CCCC1. The van der Waals surface area contributed by atoms with Gasteiger partial charge in [0, 0.05) is 13.1 Å². The van der Waals surface area contributed by atoms with E-state index in [0.717, 1.165) is 18.8 Å². The third-order valence-electron chi connectivity index (χ3n) is 3.07. The second-order valence-corrected chi connectivity index (χ2v) is 10.7. The number of hydrogen-bond donors (Lipinski definition) is 0. The lowest BCUT2D eigenvalue weighted by Gasteiger charge is -2.18. The topological polar surface area (TPSA) is 28.0 Å². The minimum atomic E-state index is -1.33. The van der Waals surface area contributed by atoms with Crippen molar-refractivity contribution in [1.82, 2.24) is 5.01 Å². The molecule has 1 fully saturated rings. The van der Waals surface area contributed by atoms with E-state index in [1.54, 1.807) is 0 Å². The minimum absolute atomic E-state index is 1.05. The molecule has 0 saturated carbocycles. The van der Waals surface area contributed by atoms with Gasteiger partial charge in [0.15, 0.2) is 0 Å². The average Bonchev–Trinajstić information content (AvgIpc) is 2.78. The maximum absolute atomic E-state index is 4.44. The van der Waals surface area contributed by atoms with Crippen molar-refractivity contribution in [1.29, 1.82) is 0 Å². The van der Waals surface area contributed by atoms with Gasteiger partial charge in [-0.25, -0.2) is 0 Å². The van der Waals surface area contributed by atoms with E-state index in [0.29, 0.717) is 0 Å². The summed E-state index contributed by atoms with van der Waals surface area (Å²) in [6.45, 7) is 9.14. The van der Waals surface area contributed by atoms with Crippen LogP contribution in [0.1, 0.15) is 12.8 Å². The van der Waals surface area contributed by atoms with Gasteiger partial charge in [0.2, 0.25) is 0 Å². The third kappa shape index (κ3) is 3.16. The highest BCUT2D eigenvalue weighted by atomic mass is 28.3. The summed E-state index contributed by atoms with van der Waals surface area (Å²) in [5.41, 5.74) is 1.05. The zero-order valence-corrected chi connectivity index (χ0v) is 12.0. The molecule has 0 unspecified atom stereocenters. The fourth-order valence-corrected chi connectivity index (χ4v) is 3.59. The number of rotatable bonds is 3. The van der Waals surface area contributed by atoms with Crippen LogP contribution in [0.5, 0.6) is 0 Å². The Balaban J connectivity index is 2.20. The molecule has 1 aliphatic rings. The highest BCUT2D eigenvalue weighted by molar-refractivity contribution is 6.89. The third-order valence-corrected chi connectivity index (χ3v) is 5.11. The van der Waals surface area contributed by atoms with E-state index in [9.17, 15) is 0 Å². The summed E-state index contributed by atoms with van der Waals surface area (Å²) in [4.78, 5) is 0. The monoisotopic (exact) mass is 247 g/mol. The van der Waals surface area contributed by atoms with E-state index in [4.69, 9.17) is 0 Å². The molecule has 0 N–H and O–H groups in total. The first-order valence-electron chi connectivity index (χ1n) is 6.33. The number of benzene rings is 1. The summed E-state index contributed by atoms with van der Waals surface area (Å²) in [6, 6.07) is 8.42. The van der Waals surface area contributed by atoms with Crippen molar-refractivity contribution >= 4 is 18.9 Å². The Labute approximate surface area is 105 Å². The van der Waals surface area contributed by atoms with E-state index in [-0.39, 0.29) is 0 Å². The molecule has 1 heterocycles. The first-order chi connectivity index (χ1) is 8.07. The van der Waals surface area contributed by atoms with Gasteiger partial charge in [-0.15, -0.1) is 5.11 Å². The van der Waals surface area contributed by atoms with Gasteiger partial charge in [-0.05, 0) is 24.1 Å². The normalized spacial score (nSPS) is 17.0. The summed E-state index contributed by atoms with van der Waals surface area (Å²) >= 11 is 0. The first kappa shape index (κ1) is 12.3. The molecule has 1 aromatic rings. The Morgan fingerprint density at radius 1 is 1.06 bits per heavy atom. The van der Waals surface area contributed by atoms with Crippen molar-refractivity contribution in [3.8, 4) is 0 Å². The largest absolute Gasteiger partial charge is 0.278 e. The van der Waals surface area contributed by atoms with Crippen LogP contribution in [0.2, 0.25) is 19.6 Å². The van der Waals surface area contributed by atoms with Crippen LogP contribution in [-0.2, 0) is 0 Å². The van der Waals surface area contributed by atoms with Gasteiger partial charge in [0.05, 0.1) is 13.8 Å². The Bertz CT molecular complexity index is 403. The molecule has 0 radical (unpaired) electrons. The van der Waals surface area contributed by atoms with E-state index in [1.165, 1.54) is 18.0 Å². The summed E-state index contributed by atoms with van der Waals surface area (Å²) < 4.78 is 0. The molecule has 0 spiro atoms. The van der Waals surface area contributed by atoms with Crippen molar-refractivity contribution < 1.29 is 0 Å². The standard InChI is InChI=1S/C13H21N3Si/c1-17(2,3)13-9-5-4-8-12(13)14-15-16-10-6-7-11-16/h4-5,8-9H,6-7,10-11H2,1-3H3. The summed E-state index contributed by atoms with van der Waals surface area (Å²) in [5.74, 6) is 0. The molecule has 3 nitrogen and oxygen atoms in total. The fourth-order valence-electron chi connectivity index (χ4n) is 2.10. The second kappa shape index (κ2) is 5.00.